The van der Waals surface area contributed by atoms with Gasteiger partial charge in [-0.25, -0.2) is 0 Å². The summed E-state index contributed by atoms with van der Waals surface area (Å²) in [5, 5.41) is 29.6. The largest absolute Gasteiger partial charge is 0.508 e. The summed E-state index contributed by atoms with van der Waals surface area (Å²) in [6.07, 6.45) is 0. The van der Waals surface area contributed by atoms with Crippen molar-refractivity contribution < 1.29 is 15.3 Å². The molecule has 3 N–H and O–H groups in total. The quantitative estimate of drug-likeness (QED) is 0.339. The molecule has 0 heterocycles. The Labute approximate surface area is 177 Å². The molecule has 0 radical (unpaired) electrons. The van der Waals surface area contributed by atoms with Gasteiger partial charge in [0, 0.05) is 4.47 Å². The van der Waals surface area contributed by atoms with Gasteiger partial charge in [0.1, 0.15) is 17.2 Å². The van der Waals surface area contributed by atoms with E-state index >= 15 is 0 Å². The fourth-order valence-electron chi connectivity index (χ4n) is 3.83. The monoisotopic (exact) mass is 446 g/mol. The standard InChI is InChI=1S/C25H19BrO3/c26-21-9-1-17(2-10-21)25(18-3-11-22(27)12-4-18,19-5-13-23(28)14-6-19)20-7-15-24(29)16-8-20/h1-16,27-29H. The summed E-state index contributed by atoms with van der Waals surface area (Å²) in [7, 11) is 0. The van der Waals surface area contributed by atoms with Crippen molar-refractivity contribution in [3.05, 3.63) is 124 Å². The van der Waals surface area contributed by atoms with Crippen LogP contribution in [0.1, 0.15) is 22.3 Å². The van der Waals surface area contributed by atoms with Gasteiger partial charge < -0.3 is 15.3 Å². The Bertz CT molecular complexity index is 913. The summed E-state index contributed by atoms with van der Waals surface area (Å²) in [4.78, 5) is 0. The molecule has 4 aromatic carbocycles. The van der Waals surface area contributed by atoms with Crippen molar-refractivity contribution in [1.29, 1.82) is 0 Å². The molecule has 4 heteroatoms. The molecule has 0 amide bonds. The first-order valence-electron chi connectivity index (χ1n) is 9.15. The van der Waals surface area contributed by atoms with E-state index in [-0.39, 0.29) is 17.2 Å². The molecule has 0 saturated carbocycles. The van der Waals surface area contributed by atoms with Crippen LogP contribution in [0.2, 0.25) is 0 Å². The molecule has 3 nitrogen and oxygen atoms in total. The lowest BCUT2D eigenvalue weighted by Crippen LogP contribution is -2.30. The van der Waals surface area contributed by atoms with Crippen LogP contribution in [0.4, 0.5) is 0 Å². The Morgan fingerprint density at radius 2 is 0.655 bits per heavy atom. The van der Waals surface area contributed by atoms with Gasteiger partial charge in [-0.2, -0.15) is 0 Å². The molecule has 144 valence electrons. The molecule has 0 saturated heterocycles. The lowest BCUT2D eigenvalue weighted by Gasteiger charge is -2.37. The van der Waals surface area contributed by atoms with Crippen molar-refractivity contribution in [2.45, 2.75) is 5.41 Å². The molecule has 0 aliphatic rings. The van der Waals surface area contributed by atoms with E-state index in [1.807, 2.05) is 48.5 Å². The highest BCUT2D eigenvalue weighted by Gasteiger charge is 2.38. The average molecular weight is 447 g/mol. The lowest BCUT2D eigenvalue weighted by atomic mass is 9.65. The number of hydrogen-bond acceptors (Lipinski definition) is 3. The van der Waals surface area contributed by atoms with E-state index in [1.165, 1.54) is 0 Å². The third-order valence-electron chi connectivity index (χ3n) is 5.18. The van der Waals surface area contributed by atoms with Crippen LogP contribution in [0.3, 0.4) is 0 Å². The van der Waals surface area contributed by atoms with E-state index in [9.17, 15) is 15.3 Å². The van der Waals surface area contributed by atoms with E-state index < -0.39 is 5.41 Å². The topological polar surface area (TPSA) is 60.7 Å². The molecule has 0 unspecified atom stereocenters. The van der Waals surface area contributed by atoms with E-state index in [0.717, 1.165) is 26.7 Å². The molecule has 0 spiro atoms. The van der Waals surface area contributed by atoms with Crippen molar-refractivity contribution in [1.82, 2.24) is 0 Å². The molecule has 0 bridgehead atoms. The van der Waals surface area contributed by atoms with Crippen molar-refractivity contribution in [3.63, 3.8) is 0 Å². The second-order valence-electron chi connectivity index (χ2n) is 6.90. The van der Waals surface area contributed by atoms with Crippen LogP contribution in [0.15, 0.2) is 102 Å². The Kier molecular flexibility index (Phi) is 5.03. The van der Waals surface area contributed by atoms with Crippen LogP contribution in [0.5, 0.6) is 17.2 Å². The number of rotatable bonds is 4. The summed E-state index contributed by atoms with van der Waals surface area (Å²) in [5.74, 6) is 0.569. The average Bonchev–Trinajstić information content (AvgIpc) is 2.73. The molecule has 0 aromatic heterocycles. The summed E-state index contributed by atoms with van der Waals surface area (Å²) in [6, 6.07) is 29.5. The second kappa shape index (κ2) is 7.64. The van der Waals surface area contributed by atoms with Crippen molar-refractivity contribution in [3.8, 4) is 17.2 Å². The maximum absolute atomic E-state index is 9.87. The summed E-state index contributed by atoms with van der Waals surface area (Å²) >= 11 is 3.51. The third-order valence-corrected chi connectivity index (χ3v) is 5.71. The number of phenols is 3. The molecule has 0 aliphatic carbocycles. The molecular weight excluding hydrogens is 428 g/mol. The Morgan fingerprint density at radius 1 is 0.414 bits per heavy atom. The molecule has 0 fully saturated rings. The molecule has 4 aromatic rings. The van der Waals surface area contributed by atoms with Crippen LogP contribution in [0.25, 0.3) is 0 Å². The van der Waals surface area contributed by atoms with E-state index in [2.05, 4.69) is 28.1 Å². The van der Waals surface area contributed by atoms with Crippen LogP contribution in [-0.2, 0) is 5.41 Å². The zero-order valence-corrected chi connectivity index (χ0v) is 17.0. The minimum absolute atomic E-state index is 0.190. The normalized spacial score (nSPS) is 11.3. The van der Waals surface area contributed by atoms with Crippen molar-refractivity contribution in [2.75, 3.05) is 0 Å². The van der Waals surface area contributed by atoms with Crippen molar-refractivity contribution >= 4 is 15.9 Å². The minimum atomic E-state index is -0.712. The van der Waals surface area contributed by atoms with E-state index in [1.54, 1.807) is 36.4 Å². The zero-order valence-electron chi connectivity index (χ0n) is 15.5. The first-order valence-corrected chi connectivity index (χ1v) is 9.94. The van der Waals surface area contributed by atoms with Crippen LogP contribution < -0.4 is 0 Å². The molecule has 4 rings (SSSR count). The van der Waals surface area contributed by atoms with Gasteiger partial charge in [-0.05, 0) is 70.8 Å². The predicted molar refractivity (Wildman–Crippen MR) is 117 cm³/mol. The maximum atomic E-state index is 9.87. The van der Waals surface area contributed by atoms with Crippen molar-refractivity contribution in [2.24, 2.45) is 0 Å². The molecular formula is C25H19BrO3. The zero-order chi connectivity index (χ0) is 20.4. The molecule has 0 atom stereocenters. The van der Waals surface area contributed by atoms with Crippen LogP contribution in [-0.4, -0.2) is 15.3 Å². The van der Waals surface area contributed by atoms with Gasteiger partial charge >= 0.3 is 0 Å². The minimum Gasteiger partial charge on any atom is -0.508 e. The third kappa shape index (κ3) is 3.47. The highest BCUT2D eigenvalue weighted by molar-refractivity contribution is 9.10. The van der Waals surface area contributed by atoms with Gasteiger partial charge in [0.25, 0.3) is 0 Å². The predicted octanol–water partition coefficient (Wildman–Crippen LogP) is 5.95. The SMILES string of the molecule is Oc1ccc(C(c2ccc(O)cc2)(c2ccc(O)cc2)c2ccc(Br)cc2)cc1. The number of aromatic hydroxyl groups is 3. The first kappa shape index (κ1) is 19.1. The summed E-state index contributed by atoms with van der Waals surface area (Å²) in [5.41, 5.74) is 3.16. The van der Waals surface area contributed by atoms with Gasteiger partial charge in [-0.3, -0.25) is 0 Å². The van der Waals surface area contributed by atoms with E-state index in [4.69, 9.17) is 0 Å². The van der Waals surface area contributed by atoms with Gasteiger partial charge in [0.2, 0.25) is 0 Å². The van der Waals surface area contributed by atoms with Gasteiger partial charge in [0.05, 0.1) is 5.41 Å². The van der Waals surface area contributed by atoms with Crippen LogP contribution in [0, 0.1) is 0 Å². The van der Waals surface area contributed by atoms with Gasteiger partial charge in [-0.1, -0.05) is 64.5 Å². The smallest absolute Gasteiger partial charge is 0.115 e. The number of benzene rings is 4. The number of hydrogen-bond donors (Lipinski definition) is 3. The summed E-state index contributed by atoms with van der Waals surface area (Å²) < 4.78 is 0.970. The number of halogens is 1. The van der Waals surface area contributed by atoms with Gasteiger partial charge in [-0.15, -0.1) is 0 Å². The Balaban J connectivity index is 2.11. The maximum Gasteiger partial charge on any atom is 0.115 e. The fraction of sp³-hybridized carbons (Fsp3) is 0.0400. The molecule has 0 aliphatic heterocycles. The van der Waals surface area contributed by atoms with E-state index in [0.29, 0.717) is 0 Å². The highest BCUT2D eigenvalue weighted by atomic mass is 79.9. The fourth-order valence-corrected chi connectivity index (χ4v) is 4.10. The number of phenolic OH excluding ortho intramolecular Hbond substituents is 3. The lowest BCUT2D eigenvalue weighted by molar-refractivity contribution is 0.474. The Hall–Kier alpha value is -3.24. The summed E-state index contributed by atoms with van der Waals surface area (Å²) in [6.45, 7) is 0. The van der Waals surface area contributed by atoms with Crippen LogP contribution >= 0.6 is 15.9 Å². The Morgan fingerprint density at radius 3 is 0.931 bits per heavy atom. The second-order valence-corrected chi connectivity index (χ2v) is 7.81. The van der Waals surface area contributed by atoms with Gasteiger partial charge in [0.15, 0.2) is 0 Å². The first-order chi connectivity index (χ1) is 14.0. The molecule has 29 heavy (non-hydrogen) atoms. The highest BCUT2D eigenvalue weighted by Crippen LogP contribution is 2.46.